The number of halogens is 2. The van der Waals surface area contributed by atoms with Gasteiger partial charge in [0.25, 0.3) is 10.0 Å². The Bertz CT molecular complexity index is 1410. The van der Waals surface area contributed by atoms with Crippen LogP contribution in [0, 0.1) is 12.8 Å². The molecule has 0 aliphatic heterocycles. The third-order valence-electron chi connectivity index (χ3n) is 6.39. The molecule has 3 rings (SSSR count). The fourth-order valence-electron chi connectivity index (χ4n) is 4.11. The summed E-state index contributed by atoms with van der Waals surface area (Å²) in [7, 11) is -4.16. The molecule has 0 radical (unpaired) electrons. The monoisotopic (exact) mass is 603 g/mol. The third-order valence-corrected chi connectivity index (χ3v) is 8.84. The van der Waals surface area contributed by atoms with E-state index in [1.54, 1.807) is 54.6 Å². The molecule has 0 heterocycles. The first-order valence-electron chi connectivity index (χ1n) is 13.1. The quantitative estimate of drug-likeness (QED) is 0.272. The fourth-order valence-corrected chi connectivity index (χ4v) is 5.84. The molecule has 3 aromatic rings. The molecule has 0 saturated carbocycles. The van der Waals surface area contributed by atoms with Gasteiger partial charge in [0.05, 0.1) is 10.6 Å². The van der Waals surface area contributed by atoms with E-state index in [-0.39, 0.29) is 29.0 Å². The lowest BCUT2D eigenvalue weighted by Gasteiger charge is -2.33. The summed E-state index contributed by atoms with van der Waals surface area (Å²) in [5.41, 5.74) is 1.77. The molecule has 0 aliphatic rings. The number of anilines is 1. The zero-order valence-electron chi connectivity index (χ0n) is 23.1. The first-order chi connectivity index (χ1) is 18.9. The zero-order valence-corrected chi connectivity index (χ0v) is 25.4. The van der Waals surface area contributed by atoms with Gasteiger partial charge in [-0.25, -0.2) is 8.42 Å². The van der Waals surface area contributed by atoms with Crippen molar-refractivity contribution in [1.82, 2.24) is 10.2 Å². The summed E-state index contributed by atoms with van der Waals surface area (Å²) in [6.45, 7) is 7.61. The largest absolute Gasteiger partial charge is 0.354 e. The van der Waals surface area contributed by atoms with Crippen molar-refractivity contribution in [2.45, 2.75) is 51.6 Å². The van der Waals surface area contributed by atoms with Crippen LogP contribution in [0.5, 0.6) is 0 Å². The van der Waals surface area contributed by atoms with E-state index in [1.165, 1.54) is 23.1 Å². The van der Waals surface area contributed by atoms with E-state index in [1.807, 2.05) is 27.7 Å². The smallest absolute Gasteiger partial charge is 0.264 e. The van der Waals surface area contributed by atoms with Crippen LogP contribution >= 0.6 is 23.2 Å². The summed E-state index contributed by atoms with van der Waals surface area (Å²) in [6, 6.07) is 18.9. The number of aryl methyl sites for hydroxylation is 1. The van der Waals surface area contributed by atoms with Crippen molar-refractivity contribution in [2.75, 3.05) is 17.4 Å². The second kappa shape index (κ2) is 14.0. The van der Waals surface area contributed by atoms with Crippen LogP contribution in [0.15, 0.2) is 77.7 Å². The highest BCUT2D eigenvalue weighted by Crippen LogP contribution is 2.28. The highest BCUT2D eigenvalue weighted by molar-refractivity contribution is 7.92. The number of benzene rings is 3. The number of sulfonamides is 1. The predicted octanol–water partition coefficient (Wildman–Crippen LogP) is 6.08. The van der Waals surface area contributed by atoms with E-state index in [9.17, 15) is 18.0 Å². The molecule has 0 aliphatic carbocycles. The molecule has 0 spiro atoms. The van der Waals surface area contributed by atoms with Crippen LogP contribution in [0.4, 0.5) is 5.69 Å². The molecule has 7 nitrogen and oxygen atoms in total. The molecule has 40 heavy (non-hydrogen) atoms. The van der Waals surface area contributed by atoms with Crippen molar-refractivity contribution in [3.63, 3.8) is 0 Å². The second-order valence-electron chi connectivity index (χ2n) is 9.97. The van der Waals surface area contributed by atoms with E-state index >= 15 is 0 Å². The van der Waals surface area contributed by atoms with Crippen LogP contribution in [0.1, 0.15) is 38.3 Å². The van der Waals surface area contributed by atoms with Crippen LogP contribution in [0.2, 0.25) is 10.0 Å². The highest BCUT2D eigenvalue weighted by Gasteiger charge is 2.33. The van der Waals surface area contributed by atoms with Crippen molar-refractivity contribution in [1.29, 1.82) is 0 Å². The fraction of sp³-hybridized carbons (Fsp3) is 0.333. The lowest BCUT2D eigenvalue weighted by atomic mass is 10.1. The van der Waals surface area contributed by atoms with Crippen molar-refractivity contribution in [3.05, 3.63) is 94.0 Å². The van der Waals surface area contributed by atoms with Gasteiger partial charge in [0.2, 0.25) is 11.8 Å². The number of amides is 2. The molecule has 10 heteroatoms. The minimum atomic E-state index is -4.16. The normalized spacial score (nSPS) is 12.2. The number of hydrogen-bond acceptors (Lipinski definition) is 4. The molecule has 2 amide bonds. The zero-order chi connectivity index (χ0) is 29.4. The number of hydrogen-bond donors (Lipinski definition) is 1. The maximum Gasteiger partial charge on any atom is 0.264 e. The van der Waals surface area contributed by atoms with Gasteiger partial charge in [-0.1, -0.05) is 80.4 Å². The van der Waals surface area contributed by atoms with E-state index in [0.717, 1.165) is 15.4 Å². The first kappa shape index (κ1) is 31.5. The van der Waals surface area contributed by atoms with Crippen molar-refractivity contribution in [2.24, 2.45) is 5.92 Å². The van der Waals surface area contributed by atoms with Gasteiger partial charge in [-0.15, -0.1) is 0 Å². The average Bonchev–Trinajstić information content (AvgIpc) is 2.93. The predicted molar refractivity (Wildman–Crippen MR) is 161 cm³/mol. The molecule has 1 atom stereocenters. The number of nitrogens with zero attached hydrogens (tertiary/aromatic N) is 2. The van der Waals surface area contributed by atoms with Gasteiger partial charge in [0.1, 0.15) is 12.6 Å². The van der Waals surface area contributed by atoms with E-state index in [0.29, 0.717) is 23.0 Å². The minimum absolute atomic E-state index is 0.0328. The lowest BCUT2D eigenvalue weighted by molar-refractivity contribution is -0.140. The molecular formula is C30H35Cl2N3O4S. The molecular weight excluding hydrogens is 569 g/mol. The SMILES string of the molecule is CC[C@H](C(=O)NCC(C)C)N(Cc1ccc(Cl)cc1)C(=O)CN(c1ccc(C)c(Cl)c1)S(=O)(=O)c1ccccc1. The van der Waals surface area contributed by atoms with Gasteiger partial charge in [-0.05, 0) is 66.8 Å². The molecule has 0 aromatic heterocycles. The Morgan fingerprint density at radius 2 is 1.60 bits per heavy atom. The number of nitrogens with one attached hydrogen (secondary N) is 1. The van der Waals surface area contributed by atoms with Gasteiger partial charge in [0.15, 0.2) is 0 Å². The van der Waals surface area contributed by atoms with E-state index < -0.39 is 28.5 Å². The van der Waals surface area contributed by atoms with Crippen LogP contribution < -0.4 is 9.62 Å². The number of rotatable bonds is 12. The maximum atomic E-state index is 14.1. The summed E-state index contributed by atoms with van der Waals surface area (Å²) in [6.07, 6.45) is 0.338. The van der Waals surface area contributed by atoms with Gasteiger partial charge < -0.3 is 10.2 Å². The summed E-state index contributed by atoms with van der Waals surface area (Å²) >= 11 is 12.4. The Morgan fingerprint density at radius 1 is 0.950 bits per heavy atom. The minimum Gasteiger partial charge on any atom is -0.354 e. The van der Waals surface area contributed by atoms with Crippen molar-refractivity contribution >= 4 is 50.7 Å². The van der Waals surface area contributed by atoms with E-state index in [4.69, 9.17) is 23.2 Å². The van der Waals surface area contributed by atoms with Gasteiger partial charge >= 0.3 is 0 Å². The number of carbonyl (C=O) groups excluding carboxylic acids is 2. The van der Waals surface area contributed by atoms with Crippen molar-refractivity contribution in [3.8, 4) is 0 Å². The van der Waals surface area contributed by atoms with E-state index in [2.05, 4.69) is 5.32 Å². The first-order valence-corrected chi connectivity index (χ1v) is 15.3. The molecule has 0 unspecified atom stereocenters. The molecule has 1 N–H and O–H groups in total. The van der Waals surface area contributed by atoms with Crippen molar-refractivity contribution < 1.29 is 18.0 Å². The highest BCUT2D eigenvalue weighted by atomic mass is 35.5. The lowest BCUT2D eigenvalue weighted by Crippen LogP contribution is -2.52. The van der Waals surface area contributed by atoms with Crippen LogP contribution in [-0.4, -0.2) is 44.3 Å². The van der Waals surface area contributed by atoms with Crippen LogP contribution in [0.3, 0.4) is 0 Å². The molecule has 0 saturated heterocycles. The van der Waals surface area contributed by atoms with Gasteiger partial charge in [-0.3, -0.25) is 13.9 Å². The summed E-state index contributed by atoms with van der Waals surface area (Å²) in [5, 5.41) is 3.83. The summed E-state index contributed by atoms with van der Waals surface area (Å²) in [4.78, 5) is 28.8. The molecule has 0 bridgehead atoms. The van der Waals surface area contributed by atoms with Gasteiger partial charge in [-0.2, -0.15) is 0 Å². The third kappa shape index (κ3) is 7.99. The Kier molecular flexibility index (Phi) is 11.0. The Labute approximate surface area is 247 Å². The Balaban J connectivity index is 2.05. The Morgan fingerprint density at radius 3 is 2.17 bits per heavy atom. The van der Waals surface area contributed by atoms with Crippen LogP contribution in [0.25, 0.3) is 0 Å². The van der Waals surface area contributed by atoms with Crippen LogP contribution in [-0.2, 0) is 26.2 Å². The summed E-state index contributed by atoms with van der Waals surface area (Å²) in [5.74, 6) is -0.605. The average molecular weight is 605 g/mol. The number of carbonyl (C=O) groups is 2. The summed E-state index contributed by atoms with van der Waals surface area (Å²) < 4.78 is 28.7. The topological polar surface area (TPSA) is 86.8 Å². The Hall–Kier alpha value is -3.07. The second-order valence-corrected chi connectivity index (χ2v) is 12.7. The van der Waals surface area contributed by atoms with Gasteiger partial charge in [0, 0.05) is 23.1 Å². The molecule has 3 aromatic carbocycles. The molecule has 0 fully saturated rings. The maximum absolute atomic E-state index is 14.1. The molecule has 214 valence electrons. The standard InChI is InChI=1S/C30H35Cl2N3O4S/c1-5-28(30(37)33-18-21(2)3)34(19-23-12-14-24(31)15-13-23)29(36)20-35(25-16-11-22(4)27(32)17-25)40(38,39)26-9-7-6-8-10-26/h6-17,21,28H,5,18-20H2,1-4H3,(H,33,37)/t28-/m1/s1.